The summed E-state index contributed by atoms with van der Waals surface area (Å²) in [7, 11) is 0. The average Bonchev–Trinajstić information content (AvgIpc) is 3.86. The van der Waals surface area contributed by atoms with Crippen LogP contribution in [0.15, 0.2) is 158 Å². The zero-order valence-corrected chi connectivity index (χ0v) is 26.1. The standard InChI is InChI=1S/C44H26N2S/c1-5-18-35-29(14-1)30-15-2-6-19-36(30)44(35)37-20-7-3-16-31(37)33-26-41-34(25-38(33)44)32-17-4-9-22-40(32)46(41)28-13-11-12-27(24-28)43-45-39-21-8-10-23-42(39)47-43/h1-26H. The second-order valence-corrected chi connectivity index (χ2v) is 13.7. The van der Waals surface area contributed by atoms with Crippen LogP contribution in [-0.4, -0.2) is 9.55 Å². The van der Waals surface area contributed by atoms with E-state index in [-0.39, 0.29) is 5.41 Å². The lowest BCUT2D eigenvalue weighted by atomic mass is 9.70. The van der Waals surface area contributed by atoms with Crippen LogP contribution in [0.2, 0.25) is 0 Å². The summed E-state index contributed by atoms with van der Waals surface area (Å²) in [6, 6.07) is 58.2. The first kappa shape index (κ1) is 25.4. The van der Waals surface area contributed by atoms with E-state index >= 15 is 0 Å². The molecular weight excluding hydrogens is 589 g/mol. The Morgan fingerprint density at radius 2 is 1.11 bits per heavy atom. The van der Waals surface area contributed by atoms with Crippen LogP contribution in [0.3, 0.4) is 0 Å². The molecule has 0 aliphatic heterocycles. The molecule has 7 aromatic carbocycles. The largest absolute Gasteiger partial charge is 0.309 e. The van der Waals surface area contributed by atoms with Gasteiger partial charge in [-0.1, -0.05) is 115 Å². The van der Waals surface area contributed by atoms with Gasteiger partial charge in [0.25, 0.3) is 0 Å². The second-order valence-electron chi connectivity index (χ2n) is 12.7. The van der Waals surface area contributed by atoms with E-state index in [2.05, 4.69) is 162 Å². The van der Waals surface area contributed by atoms with Gasteiger partial charge in [-0.05, 0) is 87.0 Å². The third kappa shape index (κ3) is 3.22. The highest BCUT2D eigenvalue weighted by atomic mass is 32.1. The van der Waals surface area contributed by atoms with Gasteiger partial charge in [-0.15, -0.1) is 11.3 Å². The highest BCUT2D eigenvalue weighted by molar-refractivity contribution is 7.21. The predicted octanol–water partition coefficient (Wildman–Crippen LogP) is 11.4. The molecule has 2 aliphatic rings. The number of para-hydroxylation sites is 2. The van der Waals surface area contributed by atoms with Crippen molar-refractivity contribution in [3.8, 4) is 38.5 Å². The van der Waals surface area contributed by atoms with Crippen molar-refractivity contribution in [1.82, 2.24) is 9.55 Å². The molecule has 0 saturated carbocycles. The first-order valence-corrected chi connectivity index (χ1v) is 17.0. The lowest BCUT2D eigenvalue weighted by Gasteiger charge is -2.30. The van der Waals surface area contributed by atoms with Crippen LogP contribution in [0.25, 0.3) is 70.5 Å². The molecule has 47 heavy (non-hydrogen) atoms. The van der Waals surface area contributed by atoms with Crippen LogP contribution < -0.4 is 0 Å². The van der Waals surface area contributed by atoms with Crippen molar-refractivity contribution in [2.75, 3.05) is 0 Å². The lowest BCUT2D eigenvalue weighted by Crippen LogP contribution is -2.25. The van der Waals surface area contributed by atoms with Gasteiger partial charge in [0.2, 0.25) is 0 Å². The minimum absolute atomic E-state index is 0.358. The molecule has 218 valence electrons. The van der Waals surface area contributed by atoms with E-state index in [9.17, 15) is 0 Å². The van der Waals surface area contributed by atoms with E-state index in [1.165, 1.54) is 71.0 Å². The summed E-state index contributed by atoms with van der Waals surface area (Å²) in [6.45, 7) is 0. The Bertz CT molecular complexity index is 2680. The third-order valence-corrected chi connectivity index (χ3v) is 11.5. The molecule has 0 unspecified atom stereocenters. The third-order valence-electron chi connectivity index (χ3n) is 10.4. The quantitative estimate of drug-likeness (QED) is 0.189. The van der Waals surface area contributed by atoms with Crippen LogP contribution in [0.5, 0.6) is 0 Å². The number of hydrogen-bond acceptors (Lipinski definition) is 2. The maximum absolute atomic E-state index is 4.99. The number of aromatic nitrogens is 2. The fourth-order valence-corrected chi connectivity index (χ4v) is 9.57. The minimum Gasteiger partial charge on any atom is -0.309 e. The van der Waals surface area contributed by atoms with Crippen LogP contribution in [0.4, 0.5) is 0 Å². The van der Waals surface area contributed by atoms with Crippen LogP contribution in [-0.2, 0) is 5.41 Å². The van der Waals surface area contributed by atoms with Crippen molar-refractivity contribution in [2.24, 2.45) is 0 Å². The summed E-state index contributed by atoms with van der Waals surface area (Å²) in [6.07, 6.45) is 0. The van der Waals surface area contributed by atoms with Crippen molar-refractivity contribution >= 4 is 43.4 Å². The number of fused-ring (bicyclic) bond motifs is 14. The maximum Gasteiger partial charge on any atom is 0.124 e. The van der Waals surface area contributed by atoms with Gasteiger partial charge in [-0.2, -0.15) is 0 Å². The number of thiazole rings is 1. The Kier molecular flexibility index (Phi) is 4.95. The number of benzene rings is 7. The number of nitrogens with zero attached hydrogens (tertiary/aromatic N) is 2. The fraction of sp³-hybridized carbons (Fsp3) is 0.0227. The molecule has 0 amide bonds. The van der Waals surface area contributed by atoms with Crippen LogP contribution >= 0.6 is 11.3 Å². The molecule has 9 aromatic rings. The van der Waals surface area contributed by atoms with Crippen molar-refractivity contribution < 1.29 is 0 Å². The van der Waals surface area contributed by atoms with Gasteiger partial charge in [0.05, 0.1) is 26.7 Å². The number of rotatable bonds is 2. The average molecular weight is 615 g/mol. The Hall–Kier alpha value is -5.77. The molecule has 0 fully saturated rings. The molecule has 2 nitrogen and oxygen atoms in total. The normalized spacial score (nSPS) is 13.7. The molecule has 0 bridgehead atoms. The Morgan fingerprint density at radius 1 is 0.468 bits per heavy atom. The minimum atomic E-state index is -0.358. The smallest absolute Gasteiger partial charge is 0.124 e. The monoisotopic (exact) mass is 614 g/mol. The van der Waals surface area contributed by atoms with Crippen molar-refractivity contribution in [2.45, 2.75) is 5.41 Å². The lowest BCUT2D eigenvalue weighted by molar-refractivity contribution is 0.795. The summed E-state index contributed by atoms with van der Waals surface area (Å²) in [5.74, 6) is 0. The highest BCUT2D eigenvalue weighted by Crippen LogP contribution is 2.63. The zero-order chi connectivity index (χ0) is 30.7. The Labute approximate surface area is 275 Å². The first-order valence-electron chi connectivity index (χ1n) is 16.1. The van der Waals surface area contributed by atoms with Gasteiger partial charge in [0.15, 0.2) is 0 Å². The van der Waals surface area contributed by atoms with E-state index in [1.807, 2.05) is 0 Å². The van der Waals surface area contributed by atoms with E-state index in [1.54, 1.807) is 11.3 Å². The van der Waals surface area contributed by atoms with E-state index in [0.717, 1.165) is 21.8 Å². The Balaban J connectivity index is 1.22. The van der Waals surface area contributed by atoms with Crippen molar-refractivity contribution in [3.05, 3.63) is 180 Å². The van der Waals surface area contributed by atoms with Crippen LogP contribution in [0, 0.1) is 0 Å². The van der Waals surface area contributed by atoms with Gasteiger partial charge in [-0.25, -0.2) is 4.98 Å². The molecule has 0 N–H and O–H groups in total. The van der Waals surface area contributed by atoms with Gasteiger partial charge >= 0.3 is 0 Å². The molecule has 11 rings (SSSR count). The topological polar surface area (TPSA) is 17.8 Å². The molecule has 2 aliphatic carbocycles. The van der Waals surface area contributed by atoms with Gasteiger partial charge in [-0.3, -0.25) is 0 Å². The highest BCUT2D eigenvalue weighted by Gasteiger charge is 2.51. The number of hydrogen-bond donors (Lipinski definition) is 0. The SMILES string of the molecule is c1cc(-c2nc3ccccc3s2)cc(-n2c3ccccc3c3cc4c(cc32)-c2ccccc2C42c3ccccc3-c3ccccc32)c1. The Morgan fingerprint density at radius 3 is 1.85 bits per heavy atom. The summed E-state index contributed by atoms with van der Waals surface area (Å²) >= 11 is 1.75. The molecule has 0 saturated heterocycles. The molecule has 2 heterocycles. The summed E-state index contributed by atoms with van der Waals surface area (Å²) in [5, 5.41) is 3.59. The molecule has 3 heteroatoms. The van der Waals surface area contributed by atoms with Crippen molar-refractivity contribution in [3.63, 3.8) is 0 Å². The fourth-order valence-electron chi connectivity index (χ4n) is 8.61. The summed E-state index contributed by atoms with van der Waals surface area (Å²) < 4.78 is 3.66. The predicted molar refractivity (Wildman–Crippen MR) is 196 cm³/mol. The molecule has 2 aromatic heterocycles. The van der Waals surface area contributed by atoms with Gasteiger partial charge < -0.3 is 4.57 Å². The molecular formula is C44H26N2S. The van der Waals surface area contributed by atoms with Crippen LogP contribution in [0.1, 0.15) is 22.3 Å². The molecule has 1 spiro atoms. The first-order chi connectivity index (χ1) is 23.3. The van der Waals surface area contributed by atoms with Gasteiger partial charge in [0.1, 0.15) is 5.01 Å². The maximum atomic E-state index is 4.99. The second kappa shape index (κ2) is 9.16. The van der Waals surface area contributed by atoms with E-state index in [4.69, 9.17) is 4.98 Å². The molecule has 0 atom stereocenters. The van der Waals surface area contributed by atoms with E-state index < -0.39 is 0 Å². The molecule has 0 radical (unpaired) electrons. The zero-order valence-electron chi connectivity index (χ0n) is 25.3. The van der Waals surface area contributed by atoms with Gasteiger partial charge in [0, 0.05) is 22.0 Å². The summed E-state index contributed by atoms with van der Waals surface area (Å²) in [5.41, 5.74) is 16.2. The van der Waals surface area contributed by atoms with Crippen molar-refractivity contribution in [1.29, 1.82) is 0 Å². The summed E-state index contributed by atoms with van der Waals surface area (Å²) in [4.78, 5) is 4.99. The van der Waals surface area contributed by atoms with E-state index in [0.29, 0.717) is 0 Å².